The smallest absolute Gasteiger partial charge is 0.144 e. The fraction of sp³-hybridized carbons (Fsp3) is 0.400. The molecule has 5 heteroatoms. The molecular weight excluding hydrogens is 192 g/mol. The number of aliphatic hydroxyl groups is 1. The van der Waals surface area contributed by atoms with Gasteiger partial charge in [-0.2, -0.15) is 5.26 Å². The van der Waals surface area contributed by atoms with Crippen molar-refractivity contribution in [2.24, 2.45) is 0 Å². The van der Waals surface area contributed by atoms with E-state index in [9.17, 15) is 0 Å². The minimum Gasteiger partial charge on any atom is -0.397 e. The molecule has 1 rings (SSSR count). The average Bonchev–Trinajstić information content (AvgIpc) is 2.26. The van der Waals surface area contributed by atoms with Crippen LogP contribution < -0.4 is 11.1 Å². The van der Waals surface area contributed by atoms with E-state index in [1.165, 1.54) is 6.20 Å². The lowest BCUT2D eigenvalue weighted by Crippen LogP contribution is -2.06. The van der Waals surface area contributed by atoms with Crippen LogP contribution >= 0.6 is 0 Å². The van der Waals surface area contributed by atoms with Gasteiger partial charge in [-0.1, -0.05) is 0 Å². The second-order valence-electron chi connectivity index (χ2n) is 3.13. The van der Waals surface area contributed by atoms with Gasteiger partial charge in [0.05, 0.1) is 17.4 Å². The Morgan fingerprint density at radius 3 is 3.00 bits per heavy atom. The van der Waals surface area contributed by atoms with E-state index in [2.05, 4.69) is 10.3 Å². The third-order valence-corrected chi connectivity index (χ3v) is 1.91. The van der Waals surface area contributed by atoms with Crippen LogP contribution in [0.5, 0.6) is 0 Å². The standard InChI is InChI=1S/C10H14N4O/c11-6-8-5-9(12)7-14-10(8)13-3-1-2-4-15/h5,7,15H,1-4,12H2,(H,13,14). The number of nitriles is 1. The first-order valence-corrected chi connectivity index (χ1v) is 4.78. The van der Waals surface area contributed by atoms with Crippen LogP contribution in [-0.2, 0) is 0 Å². The maximum Gasteiger partial charge on any atom is 0.144 e. The molecular formula is C10H14N4O. The molecule has 0 saturated heterocycles. The summed E-state index contributed by atoms with van der Waals surface area (Å²) in [5.74, 6) is 0.546. The molecule has 0 aliphatic carbocycles. The van der Waals surface area contributed by atoms with E-state index in [1.807, 2.05) is 6.07 Å². The molecule has 1 aromatic rings. The molecule has 4 N–H and O–H groups in total. The van der Waals surface area contributed by atoms with Crippen LogP contribution in [0.3, 0.4) is 0 Å². The fourth-order valence-electron chi connectivity index (χ4n) is 1.15. The number of nitrogens with two attached hydrogens (primary N) is 1. The van der Waals surface area contributed by atoms with Crippen molar-refractivity contribution < 1.29 is 5.11 Å². The molecule has 0 atom stereocenters. The van der Waals surface area contributed by atoms with E-state index >= 15 is 0 Å². The van der Waals surface area contributed by atoms with Gasteiger partial charge in [0, 0.05) is 13.2 Å². The van der Waals surface area contributed by atoms with E-state index in [0.29, 0.717) is 23.6 Å². The van der Waals surface area contributed by atoms with Gasteiger partial charge < -0.3 is 16.2 Å². The van der Waals surface area contributed by atoms with Crippen molar-refractivity contribution in [3.05, 3.63) is 17.8 Å². The third kappa shape index (κ3) is 3.44. The molecule has 1 heterocycles. The lowest BCUT2D eigenvalue weighted by Gasteiger charge is -2.06. The van der Waals surface area contributed by atoms with Gasteiger partial charge in [0.1, 0.15) is 11.9 Å². The van der Waals surface area contributed by atoms with Gasteiger partial charge in [-0.15, -0.1) is 0 Å². The molecule has 0 amide bonds. The first-order valence-electron chi connectivity index (χ1n) is 4.78. The van der Waals surface area contributed by atoms with E-state index in [0.717, 1.165) is 12.8 Å². The topological polar surface area (TPSA) is 95.0 Å². The minimum absolute atomic E-state index is 0.182. The number of anilines is 2. The van der Waals surface area contributed by atoms with Crippen molar-refractivity contribution in [2.45, 2.75) is 12.8 Å². The second-order valence-corrected chi connectivity index (χ2v) is 3.13. The molecule has 5 nitrogen and oxygen atoms in total. The van der Waals surface area contributed by atoms with Gasteiger partial charge in [-0.05, 0) is 18.9 Å². The zero-order chi connectivity index (χ0) is 11.1. The highest BCUT2D eigenvalue weighted by atomic mass is 16.2. The van der Waals surface area contributed by atoms with Crippen LogP contribution in [0.2, 0.25) is 0 Å². The molecule has 0 radical (unpaired) electrons. The Morgan fingerprint density at radius 1 is 1.53 bits per heavy atom. The average molecular weight is 206 g/mol. The summed E-state index contributed by atoms with van der Waals surface area (Å²) in [5.41, 5.74) is 6.43. The Labute approximate surface area is 88.6 Å². The molecule has 0 fully saturated rings. The molecule has 1 aromatic heterocycles. The maximum atomic E-state index is 8.82. The van der Waals surface area contributed by atoms with E-state index in [1.54, 1.807) is 6.07 Å². The lowest BCUT2D eigenvalue weighted by molar-refractivity contribution is 0.286. The summed E-state index contributed by atoms with van der Waals surface area (Å²) in [7, 11) is 0. The SMILES string of the molecule is N#Cc1cc(N)cnc1NCCCCO. The number of nitrogens with one attached hydrogen (secondary N) is 1. The summed E-state index contributed by atoms with van der Waals surface area (Å²) in [6, 6.07) is 3.61. The number of unbranched alkanes of at least 4 members (excludes halogenated alkanes) is 1. The predicted molar refractivity (Wildman–Crippen MR) is 58.2 cm³/mol. The van der Waals surface area contributed by atoms with Crippen molar-refractivity contribution >= 4 is 11.5 Å². The van der Waals surface area contributed by atoms with E-state index in [-0.39, 0.29) is 6.61 Å². The molecule has 0 aliphatic rings. The van der Waals surface area contributed by atoms with E-state index < -0.39 is 0 Å². The molecule has 0 unspecified atom stereocenters. The monoisotopic (exact) mass is 206 g/mol. The molecule has 0 aliphatic heterocycles. The first-order chi connectivity index (χ1) is 7.27. The van der Waals surface area contributed by atoms with Crippen LogP contribution in [0.15, 0.2) is 12.3 Å². The fourth-order valence-corrected chi connectivity index (χ4v) is 1.15. The second kappa shape index (κ2) is 5.83. The van der Waals surface area contributed by atoms with Crippen LogP contribution in [0, 0.1) is 11.3 Å². The Hall–Kier alpha value is -1.80. The molecule has 0 bridgehead atoms. The number of nitrogen functional groups attached to an aromatic ring is 1. The van der Waals surface area contributed by atoms with Crippen molar-refractivity contribution in [3.63, 3.8) is 0 Å². The summed E-state index contributed by atoms with van der Waals surface area (Å²) >= 11 is 0. The van der Waals surface area contributed by atoms with Gasteiger partial charge in [-0.3, -0.25) is 0 Å². The van der Waals surface area contributed by atoms with Crippen LogP contribution in [0.25, 0.3) is 0 Å². The predicted octanol–water partition coefficient (Wildman–Crippen LogP) is 0.720. The summed E-state index contributed by atoms with van der Waals surface area (Å²) in [5, 5.41) is 20.4. The van der Waals surface area contributed by atoms with Crippen molar-refractivity contribution in [2.75, 3.05) is 24.2 Å². The molecule has 80 valence electrons. The number of nitrogens with zero attached hydrogens (tertiary/aromatic N) is 2. The Kier molecular flexibility index (Phi) is 4.38. The quantitative estimate of drug-likeness (QED) is 0.617. The normalized spacial score (nSPS) is 9.60. The van der Waals surface area contributed by atoms with Crippen molar-refractivity contribution in [1.82, 2.24) is 4.98 Å². The third-order valence-electron chi connectivity index (χ3n) is 1.91. The largest absolute Gasteiger partial charge is 0.397 e. The summed E-state index contributed by atoms with van der Waals surface area (Å²) in [6.07, 6.45) is 3.09. The lowest BCUT2D eigenvalue weighted by atomic mass is 10.2. The van der Waals surface area contributed by atoms with Crippen LogP contribution in [-0.4, -0.2) is 23.2 Å². The number of hydrogen-bond donors (Lipinski definition) is 3. The summed E-state index contributed by atoms with van der Waals surface area (Å²) in [4.78, 5) is 4.03. The summed E-state index contributed by atoms with van der Waals surface area (Å²) in [6.45, 7) is 0.869. The zero-order valence-corrected chi connectivity index (χ0v) is 8.40. The zero-order valence-electron chi connectivity index (χ0n) is 8.40. The Bertz CT molecular complexity index is 359. The maximum absolute atomic E-state index is 8.82. The number of aliphatic hydroxyl groups excluding tert-OH is 1. The van der Waals surface area contributed by atoms with Gasteiger partial charge >= 0.3 is 0 Å². The number of aromatic nitrogens is 1. The Balaban J connectivity index is 2.57. The van der Waals surface area contributed by atoms with Crippen molar-refractivity contribution in [3.8, 4) is 6.07 Å². The first kappa shape index (κ1) is 11.3. The minimum atomic E-state index is 0.182. The molecule has 0 aromatic carbocycles. The van der Waals surface area contributed by atoms with Crippen LogP contribution in [0.4, 0.5) is 11.5 Å². The van der Waals surface area contributed by atoms with Crippen molar-refractivity contribution in [1.29, 1.82) is 5.26 Å². The molecule has 15 heavy (non-hydrogen) atoms. The highest BCUT2D eigenvalue weighted by Crippen LogP contribution is 2.13. The number of rotatable bonds is 5. The van der Waals surface area contributed by atoms with E-state index in [4.69, 9.17) is 16.1 Å². The van der Waals surface area contributed by atoms with Gasteiger partial charge in [0.15, 0.2) is 0 Å². The highest BCUT2D eigenvalue weighted by Gasteiger charge is 2.02. The number of hydrogen-bond acceptors (Lipinski definition) is 5. The van der Waals surface area contributed by atoms with Gasteiger partial charge in [-0.25, -0.2) is 4.98 Å². The molecule has 0 saturated carbocycles. The Morgan fingerprint density at radius 2 is 2.33 bits per heavy atom. The highest BCUT2D eigenvalue weighted by molar-refractivity contribution is 5.57. The molecule has 0 spiro atoms. The van der Waals surface area contributed by atoms with Gasteiger partial charge in [0.25, 0.3) is 0 Å². The summed E-state index contributed by atoms with van der Waals surface area (Å²) < 4.78 is 0. The number of pyridine rings is 1. The van der Waals surface area contributed by atoms with Gasteiger partial charge in [0.2, 0.25) is 0 Å². The van der Waals surface area contributed by atoms with Crippen LogP contribution in [0.1, 0.15) is 18.4 Å².